The van der Waals surface area contributed by atoms with Crippen molar-refractivity contribution in [3.63, 3.8) is 0 Å². The molecule has 9 nitrogen and oxygen atoms in total. The van der Waals surface area contributed by atoms with Crippen LogP contribution in [-0.4, -0.2) is 27.4 Å². The summed E-state index contributed by atoms with van der Waals surface area (Å²) in [5.74, 6) is 0. The molecule has 0 aliphatic carbocycles. The topological polar surface area (TPSA) is 238 Å². The molecule has 0 spiro atoms. The van der Waals surface area contributed by atoms with Gasteiger partial charge in [0.1, 0.15) is 0 Å². The minimum absolute atomic E-state index is 0. The summed E-state index contributed by atoms with van der Waals surface area (Å²) in [6.07, 6.45) is 0. The van der Waals surface area contributed by atoms with E-state index in [1.807, 2.05) is 0 Å². The fourth-order valence-corrected chi connectivity index (χ4v) is 0. The zero-order valence-corrected chi connectivity index (χ0v) is 12.5. The fourth-order valence-electron chi connectivity index (χ4n) is 0. The summed E-state index contributed by atoms with van der Waals surface area (Å²) in [6, 6.07) is 0. The van der Waals surface area contributed by atoms with Gasteiger partial charge in [-0.1, -0.05) is 0 Å². The molecule has 0 bridgehead atoms. The van der Waals surface area contributed by atoms with Gasteiger partial charge in [0.25, 0.3) is 0 Å². The quantitative estimate of drug-likeness (QED) is 0.395. The summed E-state index contributed by atoms with van der Waals surface area (Å²) in [4.78, 5) is 0. The van der Waals surface area contributed by atoms with Crippen molar-refractivity contribution in [3.8, 4) is 0 Å². The molecule has 12 heavy (non-hydrogen) atoms. The Morgan fingerprint density at radius 1 is 0.667 bits per heavy atom. The standard InChI is InChI=1S/Mo.2Na.5H2O.4O/h;;;5*1H2;;;;/q;2*+1;;;;;;;;2*-1. The second kappa shape index (κ2) is 29.2. The van der Waals surface area contributed by atoms with Crippen molar-refractivity contribution < 1.29 is 118 Å². The van der Waals surface area contributed by atoms with Crippen molar-refractivity contribution in [2.24, 2.45) is 0 Å². The summed E-state index contributed by atoms with van der Waals surface area (Å²) in [7, 11) is 0. The molecule has 0 saturated heterocycles. The molecule has 0 unspecified atom stereocenters. The molecule has 72 valence electrons. The van der Waals surface area contributed by atoms with Gasteiger partial charge in [-0.15, -0.1) is 0 Å². The van der Waals surface area contributed by atoms with Crippen LogP contribution in [0.2, 0.25) is 0 Å². The van der Waals surface area contributed by atoms with Crippen LogP contribution < -0.4 is 66.6 Å². The van der Waals surface area contributed by atoms with Crippen LogP contribution in [0.4, 0.5) is 0 Å². The molecule has 12 heteroatoms. The molecular weight excluding hydrogens is 286 g/mol. The van der Waals surface area contributed by atoms with Crippen molar-refractivity contribution in [1.29, 1.82) is 0 Å². The van der Waals surface area contributed by atoms with E-state index in [1.165, 1.54) is 0 Å². The molecule has 0 atom stereocenters. The van der Waals surface area contributed by atoms with Gasteiger partial charge in [-0.25, -0.2) is 0 Å². The summed E-state index contributed by atoms with van der Waals surface area (Å²) in [6.45, 7) is 0. The SMILES string of the molecule is O.O.O.O.O.[Na+].[Na+].[O]=[Mo](=[O])([O-])[O-]. The first-order chi connectivity index (χ1) is 2.00. The molecule has 0 aromatic carbocycles. The predicted molar refractivity (Wildman–Crippen MR) is 19.4 cm³/mol. The number of hydrogen-bond donors (Lipinski definition) is 0. The van der Waals surface area contributed by atoms with E-state index in [0.717, 1.165) is 0 Å². The van der Waals surface area contributed by atoms with Crippen molar-refractivity contribution in [3.05, 3.63) is 0 Å². The van der Waals surface area contributed by atoms with Gasteiger partial charge in [-0.05, 0) is 0 Å². The summed E-state index contributed by atoms with van der Waals surface area (Å²) in [5, 5.41) is 0. The Balaban J connectivity index is -0.00000000381. The Morgan fingerprint density at radius 3 is 0.667 bits per heavy atom. The van der Waals surface area contributed by atoms with Crippen LogP contribution in [0.15, 0.2) is 0 Å². The summed E-state index contributed by atoms with van der Waals surface area (Å²) < 4.78 is 34.5. The third-order valence-corrected chi connectivity index (χ3v) is 0. The van der Waals surface area contributed by atoms with Crippen LogP contribution in [0.3, 0.4) is 0 Å². The van der Waals surface area contributed by atoms with E-state index in [4.69, 9.17) is 14.3 Å². The Labute approximate surface area is 116 Å². The van der Waals surface area contributed by atoms with Gasteiger partial charge in [0.2, 0.25) is 0 Å². The molecule has 0 rings (SSSR count). The Bertz CT molecular complexity index is 95.7. The summed E-state index contributed by atoms with van der Waals surface area (Å²) >= 11 is -6.02. The first kappa shape index (κ1) is 65.7. The molecule has 0 aromatic rings. The van der Waals surface area contributed by atoms with Gasteiger partial charge < -0.3 is 27.4 Å². The van der Waals surface area contributed by atoms with Crippen LogP contribution >= 0.6 is 0 Å². The van der Waals surface area contributed by atoms with E-state index in [0.29, 0.717) is 0 Å². The zero-order valence-electron chi connectivity index (χ0n) is 6.54. The van der Waals surface area contributed by atoms with Gasteiger partial charge in [-0.3, -0.25) is 0 Å². The van der Waals surface area contributed by atoms with E-state index in [2.05, 4.69) is 0 Å². The molecule has 0 aliphatic rings. The molecule has 0 amide bonds. The average Bonchev–Trinajstić information content (AvgIpc) is 0.722. The average molecular weight is 296 g/mol. The molecule has 0 saturated carbocycles. The molecule has 0 aromatic heterocycles. The van der Waals surface area contributed by atoms with E-state index < -0.39 is 16.7 Å². The third kappa shape index (κ3) is 361. The van der Waals surface area contributed by atoms with Gasteiger partial charge in [-0.2, -0.15) is 0 Å². The monoisotopic (exact) mass is 298 g/mol. The maximum atomic E-state index is 8.63. The van der Waals surface area contributed by atoms with Crippen LogP contribution in [0, 0.1) is 0 Å². The second-order valence-electron chi connectivity index (χ2n) is 0.408. The van der Waals surface area contributed by atoms with Crippen LogP contribution in [0.1, 0.15) is 0 Å². The van der Waals surface area contributed by atoms with Gasteiger partial charge in [0.05, 0.1) is 0 Å². The van der Waals surface area contributed by atoms with Crippen molar-refractivity contribution in [2.75, 3.05) is 0 Å². The van der Waals surface area contributed by atoms with Gasteiger partial charge in [0.15, 0.2) is 0 Å². The number of hydrogen-bond acceptors (Lipinski definition) is 4. The Morgan fingerprint density at radius 2 is 0.667 bits per heavy atom. The van der Waals surface area contributed by atoms with E-state index in [-0.39, 0.29) is 86.5 Å². The summed E-state index contributed by atoms with van der Waals surface area (Å²) in [5.41, 5.74) is 0. The molecule has 0 fully saturated rings. The van der Waals surface area contributed by atoms with E-state index in [1.54, 1.807) is 0 Å². The molecule has 0 radical (unpaired) electrons. The van der Waals surface area contributed by atoms with Gasteiger partial charge >= 0.3 is 90.2 Å². The minimum atomic E-state index is -6.02. The van der Waals surface area contributed by atoms with Gasteiger partial charge in [0, 0.05) is 0 Å². The van der Waals surface area contributed by atoms with E-state index in [9.17, 15) is 0 Å². The Hall–Kier alpha value is 2.01. The van der Waals surface area contributed by atoms with Crippen molar-refractivity contribution >= 4 is 0 Å². The van der Waals surface area contributed by atoms with Crippen molar-refractivity contribution in [1.82, 2.24) is 0 Å². The molecule has 10 N–H and O–H groups in total. The third-order valence-electron chi connectivity index (χ3n) is 0. The van der Waals surface area contributed by atoms with Crippen LogP contribution in [-0.2, 0) is 23.5 Å². The zero-order chi connectivity index (χ0) is 4.50. The van der Waals surface area contributed by atoms with Crippen LogP contribution in [0.5, 0.6) is 0 Å². The van der Waals surface area contributed by atoms with Crippen molar-refractivity contribution in [2.45, 2.75) is 0 Å². The normalized spacial score (nSPS) is 4.83. The maximum absolute atomic E-state index is 8.63. The second-order valence-corrected chi connectivity index (χ2v) is 2.42. The van der Waals surface area contributed by atoms with E-state index >= 15 is 0 Å². The molecule has 0 heterocycles. The fraction of sp³-hybridized carbons (Fsp3) is 0. The first-order valence-corrected chi connectivity index (χ1v) is 3.94. The predicted octanol–water partition coefficient (Wildman–Crippen LogP) is -12.7. The molecule has 0 aliphatic heterocycles. The molecular formula is H10MoNa2O9. The first-order valence-electron chi connectivity index (χ1n) is 0.667. The Kier molecular flexibility index (Phi) is 160. The number of rotatable bonds is 0. The van der Waals surface area contributed by atoms with Crippen LogP contribution in [0.25, 0.3) is 0 Å².